The molecule has 0 rings (SSSR count). The molecule has 1 N–H and O–H groups in total. The Morgan fingerprint density at radius 3 is 0.946 bits per heavy atom. The van der Waals surface area contributed by atoms with Crippen molar-refractivity contribution in [3.8, 4) is 0 Å². The average Bonchev–Trinajstić information content (AvgIpc) is 3.74. The van der Waals surface area contributed by atoms with E-state index in [2.05, 4.69) is 148 Å². The number of unbranched alkanes of at least 4 members (excludes halogenated alkanes) is 33. The maximum Gasteiger partial charge on any atom is 0.361 e. The van der Waals surface area contributed by atoms with Crippen LogP contribution in [-0.4, -0.2) is 87.4 Å². The summed E-state index contributed by atoms with van der Waals surface area (Å²) in [6, 6.07) is 0. The number of likely N-dealkylation sites (N-methyl/N-ethyl adjacent to an activating group) is 1. The van der Waals surface area contributed by atoms with Crippen LogP contribution < -0.4 is 0 Å². The first-order chi connectivity index (χ1) is 45.6. The highest BCUT2D eigenvalue weighted by Gasteiger charge is 2.25. The van der Waals surface area contributed by atoms with E-state index in [0.717, 1.165) is 96.3 Å². The minimum absolute atomic E-state index is 0.173. The minimum atomic E-state index is -1.53. The summed E-state index contributed by atoms with van der Waals surface area (Å²) in [5, 5.41) is 9.76. The van der Waals surface area contributed by atoms with Gasteiger partial charge in [0.1, 0.15) is 13.2 Å². The standard InChI is InChI=1S/C84H143NO8/c1-6-8-10-12-14-16-18-20-22-24-26-28-30-32-34-36-38-40-41-43-44-46-48-50-52-54-56-58-60-62-64-66-68-70-72-74-81(86)91-78-80(79-92-84(83(88)89)90-77-76-85(3,4)5)93-82(87)75-73-71-69-67-65-63-61-59-57-55-53-51-49-47-45-42-39-37-35-33-31-29-27-25-23-21-19-17-15-13-11-9-7-2/h9,11,15,17,21,23-24,26-27,29,33,35,39,42,47,49,53,55,59,61,65,67,80,84H,6-8,10,12-14,16,18-20,22,25,28,30-32,34,36-38,40-41,43-46,48,50-52,54,56-58,60,62-64,66,68-79H2,1-5H3/p+1/b11-9-,17-15-,23-21-,26-24-,29-27-,35-33-,42-39-,49-47-,55-53-,61-59-,67-65-. The van der Waals surface area contributed by atoms with Crippen LogP contribution in [0.5, 0.6) is 0 Å². The topological polar surface area (TPSA) is 108 Å². The van der Waals surface area contributed by atoms with Crippen molar-refractivity contribution in [3.63, 3.8) is 0 Å². The van der Waals surface area contributed by atoms with Gasteiger partial charge in [-0.15, -0.1) is 0 Å². The zero-order valence-corrected chi connectivity index (χ0v) is 60.9. The fourth-order valence-corrected chi connectivity index (χ4v) is 10.6. The van der Waals surface area contributed by atoms with E-state index in [1.54, 1.807) is 0 Å². The number of carboxylic acids is 1. The molecular weight excluding hydrogens is 1150 g/mol. The van der Waals surface area contributed by atoms with Gasteiger partial charge in [-0.05, 0) is 116 Å². The third-order valence-corrected chi connectivity index (χ3v) is 16.4. The highest BCUT2D eigenvalue weighted by molar-refractivity contribution is 5.71. The van der Waals surface area contributed by atoms with Crippen LogP contribution in [0.4, 0.5) is 0 Å². The lowest BCUT2D eigenvalue weighted by molar-refractivity contribution is -0.870. The molecule has 0 bridgehead atoms. The predicted octanol–water partition coefficient (Wildman–Crippen LogP) is 24.5. The lowest BCUT2D eigenvalue weighted by Gasteiger charge is -2.25. The normalized spacial score (nSPS) is 13.4. The quantitative estimate of drug-likeness (QED) is 0.0211. The number of esters is 2. The van der Waals surface area contributed by atoms with Gasteiger partial charge in [0.25, 0.3) is 6.29 Å². The monoisotopic (exact) mass is 1300 g/mol. The van der Waals surface area contributed by atoms with Gasteiger partial charge in [-0.3, -0.25) is 9.59 Å². The van der Waals surface area contributed by atoms with Gasteiger partial charge in [0.2, 0.25) is 0 Å². The van der Waals surface area contributed by atoms with Crippen molar-refractivity contribution < 1.29 is 42.9 Å². The Kier molecular flexibility index (Phi) is 69.6. The van der Waals surface area contributed by atoms with Crippen LogP contribution in [-0.2, 0) is 33.3 Å². The first-order valence-electron chi connectivity index (χ1n) is 38.3. The molecule has 0 saturated heterocycles. The zero-order valence-electron chi connectivity index (χ0n) is 60.9. The van der Waals surface area contributed by atoms with Crippen LogP contribution >= 0.6 is 0 Å². The lowest BCUT2D eigenvalue weighted by atomic mass is 10.0. The van der Waals surface area contributed by atoms with Crippen molar-refractivity contribution in [3.05, 3.63) is 134 Å². The molecule has 0 aromatic heterocycles. The number of carbonyl (C=O) groups is 3. The van der Waals surface area contributed by atoms with Crippen molar-refractivity contribution in [2.75, 3.05) is 47.5 Å². The Hall–Kier alpha value is -4.57. The van der Waals surface area contributed by atoms with E-state index in [1.165, 1.54) is 193 Å². The zero-order chi connectivity index (χ0) is 67.5. The molecule has 532 valence electrons. The second kappa shape index (κ2) is 73.2. The Bertz CT molecular complexity index is 2000. The summed E-state index contributed by atoms with van der Waals surface area (Å²) in [6.07, 6.45) is 103. The summed E-state index contributed by atoms with van der Waals surface area (Å²) in [5.74, 6) is -2.06. The van der Waals surface area contributed by atoms with E-state index in [-0.39, 0.29) is 38.6 Å². The average molecular weight is 1300 g/mol. The number of carboxylic acid groups (broad SMARTS) is 1. The molecule has 0 aliphatic carbocycles. The number of ether oxygens (including phenoxy) is 4. The van der Waals surface area contributed by atoms with Gasteiger partial charge in [0, 0.05) is 12.8 Å². The molecule has 0 saturated carbocycles. The minimum Gasteiger partial charge on any atom is -0.477 e. The second-order valence-corrected chi connectivity index (χ2v) is 26.6. The highest BCUT2D eigenvalue weighted by Crippen LogP contribution is 2.18. The molecule has 93 heavy (non-hydrogen) atoms. The number of carbonyl (C=O) groups excluding carboxylic acids is 2. The molecule has 0 aromatic carbocycles. The first kappa shape index (κ1) is 88.4. The third-order valence-electron chi connectivity index (χ3n) is 16.4. The lowest BCUT2D eigenvalue weighted by Crippen LogP contribution is -2.40. The van der Waals surface area contributed by atoms with Crippen molar-refractivity contribution in [2.45, 2.75) is 334 Å². The SMILES string of the molecule is CC/C=C\C/C=C\C/C=C\C/C=C\C/C=C\C/C=C\C/C=C\C/C=C\C/C=C\C/C=C\CCCCC(=O)OC(COC(=O)CCCCCCCCCCCCCCCCCCCCCCCCC/C=C\CCCCCCCCCC)COC(OCC[N+](C)(C)C)C(=O)O. The first-order valence-corrected chi connectivity index (χ1v) is 38.3. The number of hydrogen-bond donors (Lipinski definition) is 1. The third kappa shape index (κ3) is 74.7. The Morgan fingerprint density at radius 2 is 0.613 bits per heavy atom. The van der Waals surface area contributed by atoms with Gasteiger partial charge >= 0.3 is 17.9 Å². The molecule has 9 nitrogen and oxygen atoms in total. The Balaban J connectivity index is 4.15. The second-order valence-electron chi connectivity index (χ2n) is 26.6. The molecule has 0 fully saturated rings. The van der Waals surface area contributed by atoms with Crippen LogP contribution in [0.2, 0.25) is 0 Å². The van der Waals surface area contributed by atoms with Gasteiger partial charge < -0.3 is 28.5 Å². The highest BCUT2D eigenvalue weighted by atomic mass is 16.7. The number of nitrogens with zero attached hydrogens (tertiary/aromatic N) is 1. The summed E-state index contributed by atoms with van der Waals surface area (Å²) in [4.78, 5) is 37.7. The summed E-state index contributed by atoms with van der Waals surface area (Å²) in [5.41, 5.74) is 0. The molecule has 0 heterocycles. The Labute approximate surface area is 573 Å². The summed E-state index contributed by atoms with van der Waals surface area (Å²) >= 11 is 0. The largest absolute Gasteiger partial charge is 0.477 e. The molecule has 0 aliphatic rings. The van der Waals surface area contributed by atoms with Crippen LogP contribution in [0, 0.1) is 0 Å². The number of rotatable bonds is 70. The number of aliphatic carboxylic acids is 1. The molecule has 0 amide bonds. The van der Waals surface area contributed by atoms with Crippen LogP contribution in [0.25, 0.3) is 0 Å². The maximum absolute atomic E-state index is 12.9. The van der Waals surface area contributed by atoms with Gasteiger partial charge in [-0.25, -0.2) is 4.79 Å². The molecule has 0 radical (unpaired) electrons. The van der Waals surface area contributed by atoms with Gasteiger partial charge in [-0.1, -0.05) is 327 Å². The summed E-state index contributed by atoms with van der Waals surface area (Å²) < 4.78 is 22.9. The van der Waals surface area contributed by atoms with Crippen molar-refractivity contribution >= 4 is 17.9 Å². The maximum atomic E-state index is 12.9. The van der Waals surface area contributed by atoms with Crippen LogP contribution in [0.1, 0.15) is 322 Å². The van der Waals surface area contributed by atoms with E-state index in [9.17, 15) is 19.5 Å². The van der Waals surface area contributed by atoms with Gasteiger partial charge in [0.05, 0.1) is 34.4 Å². The molecule has 9 heteroatoms. The van der Waals surface area contributed by atoms with Crippen LogP contribution in [0.15, 0.2) is 134 Å². The number of hydrogen-bond acceptors (Lipinski definition) is 7. The Morgan fingerprint density at radius 1 is 0.333 bits per heavy atom. The van der Waals surface area contributed by atoms with E-state index < -0.39 is 24.3 Å². The van der Waals surface area contributed by atoms with Crippen molar-refractivity contribution in [2.24, 2.45) is 0 Å². The van der Waals surface area contributed by atoms with E-state index >= 15 is 0 Å². The van der Waals surface area contributed by atoms with Gasteiger partial charge in [-0.2, -0.15) is 0 Å². The van der Waals surface area contributed by atoms with Gasteiger partial charge in [0.15, 0.2) is 6.10 Å². The molecule has 0 spiro atoms. The molecule has 0 aliphatic heterocycles. The fraction of sp³-hybridized carbons (Fsp3) is 0.702. The summed E-state index contributed by atoms with van der Waals surface area (Å²) in [6.45, 7) is 4.73. The fourth-order valence-electron chi connectivity index (χ4n) is 10.6. The van der Waals surface area contributed by atoms with Crippen molar-refractivity contribution in [1.82, 2.24) is 0 Å². The molecule has 2 atom stereocenters. The summed E-state index contributed by atoms with van der Waals surface area (Å²) in [7, 11) is 5.96. The van der Waals surface area contributed by atoms with E-state index in [1.807, 2.05) is 21.1 Å². The van der Waals surface area contributed by atoms with E-state index in [4.69, 9.17) is 18.9 Å². The predicted molar refractivity (Wildman–Crippen MR) is 401 cm³/mol. The van der Waals surface area contributed by atoms with Crippen molar-refractivity contribution in [1.29, 1.82) is 0 Å². The number of quaternary nitrogens is 1. The molecule has 2 unspecified atom stereocenters. The molecular formula is C84H144NO8+. The van der Waals surface area contributed by atoms with Crippen LogP contribution in [0.3, 0.4) is 0 Å². The molecule has 0 aromatic rings. The van der Waals surface area contributed by atoms with E-state index in [0.29, 0.717) is 17.4 Å². The smallest absolute Gasteiger partial charge is 0.361 e. The number of allylic oxidation sites excluding steroid dienone is 22.